The highest BCUT2D eigenvalue weighted by atomic mass is 35.5. The zero-order valence-electron chi connectivity index (χ0n) is 10.1. The minimum atomic E-state index is 0.0680. The minimum Gasteiger partial charge on any atom is -0.193 e. The van der Waals surface area contributed by atoms with Gasteiger partial charge >= 0.3 is 0 Å². The van der Waals surface area contributed by atoms with E-state index in [1.807, 2.05) is 48.5 Å². The molecule has 2 unspecified atom stereocenters. The molecule has 2 aromatic carbocycles. The molecular weight excluding hydrogens is 279 g/mol. The number of hydrogen-bond acceptors (Lipinski definition) is 2. The third kappa shape index (κ3) is 2.65. The van der Waals surface area contributed by atoms with E-state index in [0.29, 0.717) is 0 Å². The first kappa shape index (κ1) is 12.6. The molecule has 96 valence electrons. The Morgan fingerprint density at radius 3 is 1.89 bits per heavy atom. The van der Waals surface area contributed by atoms with Gasteiger partial charge in [0.25, 0.3) is 0 Å². The predicted octanol–water partition coefficient (Wildman–Crippen LogP) is 5.28. The van der Waals surface area contributed by atoms with Crippen molar-refractivity contribution < 1.29 is 0 Å². The van der Waals surface area contributed by atoms with Gasteiger partial charge in [0.1, 0.15) is 6.04 Å². The zero-order valence-corrected chi connectivity index (χ0v) is 11.6. The van der Waals surface area contributed by atoms with Crippen molar-refractivity contribution >= 4 is 23.2 Å². The second-order valence-electron chi connectivity index (χ2n) is 4.59. The van der Waals surface area contributed by atoms with Crippen molar-refractivity contribution in [2.45, 2.75) is 12.0 Å². The van der Waals surface area contributed by atoms with Gasteiger partial charge in [0.05, 0.1) is 6.54 Å². The molecule has 0 radical (unpaired) electrons. The Morgan fingerprint density at radius 1 is 0.789 bits per heavy atom. The fourth-order valence-electron chi connectivity index (χ4n) is 2.36. The second kappa shape index (κ2) is 5.32. The topological polar surface area (TPSA) is 24.7 Å². The van der Waals surface area contributed by atoms with Gasteiger partial charge in [-0.15, -0.1) is 0 Å². The number of hydrogen-bond donors (Lipinski definition) is 0. The van der Waals surface area contributed by atoms with Gasteiger partial charge in [-0.05, 0) is 35.4 Å². The van der Waals surface area contributed by atoms with Crippen LogP contribution in [0.4, 0.5) is 0 Å². The van der Waals surface area contributed by atoms with Crippen LogP contribution < -0.4 is 0 Å². The van der Waals surface area contributed by atoms with Crippen molar-refractivity contribution in [1.29, 1.82) is 0 Å². The Kier molecular flexibility index (Phi) is 3.54. The molecular formula is C15H12Cl2N2. The van der Waals surface area contributed by atoms with Crippen LogP contribution in [0.1, 0.15) is 23.1 Å². The Balaban J connectivity index is 1.90. The highest BCUT2D eigenvalue weighted by Gasteiger charge is 2.28. The zero-order chi connectivity index (χ0) is 13.2. The van der Waals surface area contributed by atoms with Crippen LogP contribution in [0, 0.1) is 0 Å². The van der Waals surface area contributed by atoms with Crippen LogP contribution in [0.2, 0.25) is 10.0 Å². The van der Waals surface area contributed by atoms with Crippen molar-refractivity contribution in [3.05, 3.63) is 69.7 Å². The van der Waals surface area contributed by atoms with Crippen LogP contribution in [0.3, 0.4) is 0 Å². The van der Waals surface area contributed by atoms with E-state index in [1.165, 1.54) is 5.56 Å². The van der Waals surface area contributed by atoms with Crippen LogP contribution in [0.5, 0.6) is 0 Å². The van der Waals surface area contributed by atoms with Crippen LogP contribution in [0.25, 0.3) is 0 Å². The van der Waals surface area contributed by atoms with Gasteiger partial charge in [0.2, 0.25) is 0 Å². The van der Waals surface area contributed by atoms with Crippen molar-refractivity contribution in [2.24, 2.45) is 10.2 Å². The summed E-state index contributed by atoms with van der Waals surface area (Å²) in [5.41, 5.74) is 2.36. The summed E-state index contributed by atoms with van der Waals surface area (Å²) in [6.07, 6.45) is 0. The van der Waals surface area contributed by atoms with E-state index in [0.717, 1.165) is 22.2 Å². The molecule has 2 nitrogen and oxygen atoms in total. The third-order valence-electron chi connectivity index (χ3n) is 3.38. The fraction of sp³-hybridized carbons (Fsp3) is 0.200. The van der Waals surface area contributed by atoms with Crippen LogP contribution >= 0.6 is 23.2 Å². The largest absolute Gasteiger partial charge is 0.193 e. The number of nitrogens with zero attached hydrogens (tertiary/aromatic N) is 2. The molecule has 1 heterocycles. The third-order valence-corrected chi connectivity index (χ3v) is 3.88. The average Bonchev–Trinajstić information content (AvgIpc) is 2.90. The number of benzene rings is 2. The number of rotatable bonds is 2. The lowest BCUT2D eigenvalue weighted by molar-refractivity contribution is 0.635. The smallest absolute Gasteiger partial charge is 0.104 e. The van der Waals surface area contributed by atoms with Crippen LogP contribution in [-0.2, 0) is 0 Å². The van der Waals surface area contributed by atoms with Crippen molar-refractivity contribution in [1.82, 2.24) is 0 Å². The highest BCUT2D eigenvalue weighted by Crippen LogP contribution is 2.39. The summed E-state index contributed by atoms with van der Waals surface area (Å²) < 4.78 is 0. The van der Waals surface area contributed by atoms with E-state index in [4.69, 9.17) is 23.2 Å². The summed E-state index contributed by atoms with van der Waals surface area (Å²) in [5.74, 6) is 0.276. The molecule has 19 heavy (non-hydrogen) atoms. The summed E-state index contributed by atoms with van der Waals surface area (Å²) in [4.78, 5) is 0. The summed E-state index contributed by atoms with van der Waals surface area (Å²) in [6, 6.07) is 15.8. The van der Waals surface area contributed by atoms with E-state index < -0.39 is 0 Å². The standard InChI is InChI=1S/C15H12Cl2N2/c16-12-5-1-10(2-6-12)14-9-18-19-15(14)11-3-7-13(17)8-4-11/h1-8,14-15H,9H2. The van der Waals surface area contributed by atoms with Crippen molar-refractivity contribution in [3.8, 4) is 0 Å². The van der Waals surface area contributed by atoms with Crippen molar-refractivity contribution in [2.75, 3.05) is 6.54 Å². The van der Waals surface area contributed by atoms with Gasteiger partial charge in [-0.3, -0.25) is 0 Å². The molecule has 0 saturated carbocycles. The molecule has 1 aliphatic rings. The van der Waals surface area contributed by atoms with Gasteiger partial charge in [-0.2, -0.15) is 10.2 Å². The summed E-state index contributed by atoms with van der Waals surface area (Å²) in [5, 5.41) is 10.1. The first-order valence-electron chi connectivity index (χ1n) is 6.11. The first-order chi connectivity index (χ1) is 9.24. The Morgan fingerprint density at radius 2 is 1.32 bits per heavy atom. The second-order valence-corrected chi connectivity index (χ2v) is 5.47. The van der Waals surface area contributed by atoms with Gasteiger partial charge in [0, 0.05) is 16.0 Å². The molecule has 0 fully saturated rings. The van der Waals surface area contributed by atoms with E-state index in [2.05, 4.69) is 10.2 Å². The molecule has 0 aromatic heterocycles. The maximum absolute atomic E-state index is 5.93. The lowest BCUT2D eigenvalue weighted by Crippen LogP contribution is -2.07. The molecule has 3 rings (SSSR count). The quantitative estimate of drug-likeness (QED) is 0.718. The van der Waals surface area contributed by atoms with Gasteiger partial charge in [-0.25, -0.2) is 0 Å². The van der Waals surface area contributed by atoms with Gasteiger partial charge in [0.15, 0.2) is 0 Å². The maximum Gasteiger partial charge on any atom is 0.104 e. The molecule has 0 bridgehead atoms. The van der Waals surface area contributed by atoms with E-state index in [-0.39, 0.29) is 12.0 Å². The minimum absolute atomic E-state index is 0.0680. The Labute approximate surface area is 122 Å². The molecule has 0 aliphatic carbocycles. The molecule has 1 aliphatic heterocycles. The lowest BCUT2D eigenvalue weighted by Gasteiger charge is -2.17. The number of halogens is 2. The summed E-state index contributed by atoms with van der Waals surface area (Å²) in [7, 11) is 0. The first-order valence-corrected chi connectivity index (χ1v) is 6.87. The monoisotopic (exact) mass is 290 g/mol. The van der Waals surface area contributed by atoms with Crippen LogP contribution in [0.15, 0.2) is 58.8 Å². The molecule has 2 aromatic rings. The molecule has 0 spiro atoms. The number of azo groups is 1. The summed E-state index contributed by atoms with van der Waals surface area (Å²) >= 11 is 11.8. The van der Waals surface area contributed by atoms with Gasteiger partial charge in [-0.1, -0.05) is 47.5 Å². The molecule has 2 atom stereocenters. The molecule has 0 saturated heterocycles. The molecule has 4 heteroatoms. The highest BCUT2D eigenvalue weighted by molar-refractivity contribution is 6.30. The van der Waals surface area contributed by atoms with Crippen LogP contribution in [-0.4, -0.2) is 6.54 Å². The average molecular weight is 291 g/mol. The summed E-state index contributed by atoms with van der Waals surface area (Å²) in [6.45, 7) is 0.717. The predicted molar refractivity (Wildman–Crippen MR) is 78.1 cm³/mol. The fourth-order valence-corrected chi connectivity index (χ4v) is 2.61. The van der Waals surface area contributed by atoms with Gasteiger partial charge < -0.3 is 0 Å². The van der Waals surface area contributed by atoms with E-state index in [1.54, 1.807) is 0 Å². The van der Waals surface area contributed by atoms with E-state index >= 15 is 0 Å². The molecule has 0 amide bonds. The van der Waals surface area contributed by atoms with Crippen molar-refractivity contribution in [3.63, 3.8) is 0 Å². The Bertz CT molecular complexity index is 591. The maximum atomic E-state index is 5.93. The molecule has 0 N–H and O–H groups in total. The SMILES string of the molecule is Clc1ccc(C2CN=NC2c2ccc(Cl)cc2)cc1. The Hall–Kier alpha value is -1.38. The lowest BCUT2D eigenvalue weighted by atomic mass is 9.88. The van der Waals surface area contributed by atoms with E-state index in [9.17, 15) is 0 Å². The normalized spacial score (nSPS) is 21.8.